The van der Waals surface area contributed by atoms with Crippen molar-refractivity contribution in [3.63, 3.8) is 0 Å². The van der Waals surface area contributed by atoms with E-state index in [0.29, 0.717) is 11.7 Å². The van der Waals surface area contributed by atoms with E-state index in [1.54, 1.807) is 30.3 Å². The van der Waals surface area contributed by atoms with Gasteiger partial charge in [-0.2, -0.15) is 0 Å². The van der Waals surface area contributed by atoms with Gasteiger partial charge in [0, 0.05) is 0 Å². The Labute approximate surface area is 100 Å². The molecule has 3 nitrogen and oxygen atoms in total. The molecule has 17 heavy (non-hydrogen) atoms. The first-order chi connectivity index (χ1) is 8.12. The van der Waals surface area contributed by atoms with Crippen molar-refractivity contribution >= 4 is 5.97 Å². The molecule has 2 aliphatic rings. The van der Waals surface area contributed by atoms with Crippen molar-refractivity contribution in [2.24, 2.45) is 0 Å². The molecule has 2 atom stereocenters. The fourth-order valence-corrected chi connectivity index (χ4v) is 1.60. The lowest BCUT2D eigenvalue weighted by Gasteiger charge is -1.96. The van der Waals surface area contributed by atoms with Crippen molar-refractivity contribution in [2.45, 2.75) is 18.6 Å². The van der Waals surface area contributed by atoms with E-state index in [1.165, 1.54) is 0 Å². The number of hydrogen-bond donors (Lipinski definition) is 1. The lowest BCUT2D eigenvalue weighted by Crippen LogP contribution is -2.04. The smallest absolute Gasteiger partial charge is 0.335 e. The van der Waals surface area contributed by atoms with Crippen LogP contribution in [0.1, 0.15) is 17.3 Å². The van der Waals surface area contributed by atoms with Gasteiger partial charge in [0.1, 0.15) is 11.7 Å². The summed E-state index contributed by atoms with van der Waals surface area (Å²) in [6.45, 7) is 2.09. The zero-order valence-corrected chi connectivity index (χ0v) is 9.54. The second kappa shape index (κ2) is 4.55. The lowest BCUT2D eigenvalue weighted by atomic mass is 10.0. The van der Waals surface area contributed by atoms with E-state index in [1.807, 2.05) is 12.2 Å². The van der Waals surface area contributed by atoms with Gasteiger partial charge in [0.05, 0.1) is 5.56 Å². The molecular weight excluding hydrogens is 216 g/mol. The number of hydrogen-bond acceptors (Lipinski definition) is 2. The molecule has 0 amide bonds. The van der Waals surface area contributed by atoms with Gasteiger partial charge in [-0.05, 0) is 19.1 Å². The predicted octanol–water partition coefficient (Wildman–Crippen LogP) is 2.65. The van der Waals surface area contributed by atoms with Crippen molar-refractivity contribution in [1.82, 2.24) is 0 Å². The molecule has 1 aromatic rings. The Hall–Kier alpha value is -1.87. The van der Waals surface area contributed by atoms with Gasteiger partial charge in [0.25, 0.3) is 0 Å². The van der Waals surface area contributed by atoms with E-state index in [-0.39, 0.29) is 5.60 Å². The quantitative estimate of drug-likeness (QED) is 0.754. The first-order valence-corrected chi connectivity index (χ1v) is 5.44. The third-order valence-electron chi connectivity index (χ3n) is 2.73. The maximum absolute atomic E-state index is 10.2. The lowest BCUT2D eigenvalue weighted by molar-refractivity contribution is 0.0697. The minimum atomic E-state index is -0.879. The maximum atomic E-state index is 10.2. The fraction of sp³-hybridized carbons (Fsp3) is 0.214. The van der Waals surface area contributed by atoms with E-state index < -0.39 is 5.97 Å². The van der Waals surface area contributed by atoms with Gasteiger partial charge in [-0.1, -0.05) is 42.5 Å². The standard InChI is InChI=1S/C7H6O2.C7H8O/c8-7(9)6-4-2-1-3-5-6;1-7-5-3-2-4-6(7)8-7/h1-5H,(H,8,9);2-6H,1H3. The number of aromatic carboxylic acids is 1. The van der Waals surface area contributed by atoms with Gasteiger partial charge < -0.3 is 9.84 Å². The van der Waals surface area contributed by atoms with Crippen LogP contribution in [-0.2, 0) is 4.74 Å². The molecule has 0 spiro atoms. The van der Waals surface area contributed by atoms with Crippen LogP contribution in [0.15, 0.2) is 54.6 Å². The van der Waals surface area contributed by atoms with Crippen LogP contribution in [0.5, 0.6) is 0 Å². The molecular formula is C14H14O3. The predicted molar refractivity (Wildman–Crippen MR) is 65.0 cm³/mol. The topological polar surface area (TPSA) is 49.8 Å². The van der Waals surface area contributed by atoms with E-state index in [0.717, 1.165) is 0 Å². The number of epoxide rings is 1. The number of rotatable bonds is 1. The summed E-state index contributed by atoms with van der Waals surface area (Å²) in [4.78, 5) is 10.2. The third-order valence-corrected chi connectivity index (χ3v) is 2.73. The first kappa shape index (κ1) is 11.6. The number of allylic oxidation sites excluding steroid dienone is 2. The summed E-state index contributed by atoms with van der Waals surface area (Å²) in [5, 5.41) is 8.38. The Morgan fingerprint density at radius 1 is 1.29 bits per heavy atom. The molecule has 0 saturated carbocycles. The third kappa shape index (κ3) is 2.82. The van der Waals surface area contributed by atoms with Gasteiger partial charge in [0.2, 0.25) is 0 Å². The monoisotopic (exact) mass is 230 g/mol. The van der Waals surface area contributed by atoms with E-state index in [9.17, 15) is 4.79 Å². The van der Waals surface area contributed by atoms with E-state index in [4.69, 9.17) is 9.84 Å². The molecule has 1 N–H and O–H groups in total. The molecule has 1 saturated heterocycles. The average Bonchev–Trinajstić information content (AvgIpc) is 3.03. The molecule has 2 unspecified atom stereocenters. The fourth-order valence-electron chi connectivity index (χ4n) is 1.60. The van der Waals surface area contributed by atoms with Crippen LogP contribution in [0.4, 0.5) is 0 Å². The molecule has 3 heteroatoms. The Morgan fingerprint density at radius 2 is 2.00 bits per heavy atom. The van der Waals surface area contributed by atoms with Gasteiger partial charge in [-0.15, -0.1) is 0 Å². The first-order valence-electron chi connectivity index (χ1n) is 5.44. The molecule has 1 aliphatic carbocycles. The van der Waals surface area contributed by atoms with Crippen molar-refractivity contribution in [2.75, 3.05) is 0 Å². The van der Waals surface area contributed by atoms with E-state index in [2.05, 4.69) is 19.1 Å². The molecule has 88 valence electrons. The van der Waals surface area contributed by atoms with Crippen LogP contribution in [0.3, 0.4) is 0 Å². The zero-order chi connectivity index (χ0) is 12.3. The summed E-state index contributed by atoms with van der Waals surface area (Å²) in [7, 11) is 0. The number of fused-ring (bicyclic) bond motifs is 1. The van der Waals surface area contributed by atoms with Crippen LogP contribution in [0.2, 0.25) is 0 Å². The van der Waals surface area contributed by atoms with Crippen LogP contribution < -0.4 is 0 Å². The molecule has 3 rings (SSSR count). The molecule has 0 aromatic heterocycles. The molecule has 1 aromatic carbocycles. The normalized spacial score (nSPS) is 27.7. The Balaban J connectivity index is 0.000000127. The minimum absolute atomic E-state index is 0.0781. The van der Waals surface area contributed by atoms with Crippen molar-refractivity contribution in [1.29, 1.82) is 0 Å². The van der Waals surface area contributed by atoms with Gasteiger partial charge in [0.15, 0.2) is 0 Å². The summed E-state index contributed by atoms with van der Waals surface area (Å²) in [6, 6.07) is 8.30. The zero-order valence-electron chi connectivity index (χ0n) is 9.54. The van der Waals surface area contributed by atoms with Gasteiger partial charge in [-0.3, -0.25) is 0 Å². The summed E-state index contributed by atoms with van der Waals surface area (Å²) in [6.07, 6.45) is 8.62. The average molecular weight is 230 g/mol. The summed E-state index contributed by atoms with van der Waals surface area (Å²) < 4.78 is 5.29. The van der Waals surface area contributed by atoms with Crippen molar-refractivity contribution in [3.8, 4) is 0 Å². The van der Waals surface area contributed by atoms with Crippen molar-refractivity contribution < 1.29 is 14.6 Å². The highest BCUT2D eigenvalue weighted by molar-refractivity contribution is 5.87. The van der Waals surface area contributed by atoms with Crippen LogP contribution in [0, 0.1) is 0 Å². The Morgan fingerprint density at radius 3 is 2.41 bits per heavy atom. The Kier molecular flexibility index (Phi) is 3.11. The highest BCUT2D eigenvalue weighted by atomic mass is 16.6. The van der Waals surface area contributed by atoms with E-state index >= 15 is 0 Å². The number of carboxylic acids is 1. The van der Waals surface area contributed by atoms with Crippen molar-refractivity contribution in [3.05, 3.63) is 60.2 Å². The number of benzene rings is 1. The Bertz CT molecular complexity index is 462. The molecule has 0 radical (unpaired) electrons. The molecule has 0 bridgehead atoms. The van der Waals surface area contributed by atoms with Crippen LogP contribution in [-0.4, -0.2) is 22.8 Å². The number of carboxylic acid groups (broad SMARTS) is 1. The second-order valence-electron chi connectivity index (χ2n) is 4.14. The summed E-state index contributed by atoms with van der Waals surface area (Å²) in [5.74, 6) is -0.879. The SMILES string of the molecule is CC12C=CC=CC1O2.O=C(O)c1ccccc1. The summed E-state index contributed by atoms with van der Waals surface area (Å²) in [5.41, 5.74) is 0.409. The van der Waals surface area contributed by atoms with Gasteiger partial charge >= 0.3 is 5.97 Å². The molecule has 1 fully saturated rings. The second-order valence-corrected chi connectivity index (χ2v) is 4.14. The number of carbonyl (C=O) groups is 1. The molecule has 1 aliphatic heterocycles. The van der Waals surface area contributed by atoms with Crippen LogP contribution in [0.25, 0.3) is 0 Å². The number of ether oxygens (including phenoxy) is 1. The summed E-state index contributed by atoms with van der Waals surface area (Å²) >= 11 is 0. The minimum Gasteiger partial charge on any atom is -0.478 e. The maximum Gasteiger partial charge on any atom is 0.335 e. The highest BCUT2D eigenvalue weighted by Gasteiger charge is 2.49. The largest absolute Gasteiger partial charge is 0.478 e. The van der Waals surface area contributed by atoms with Gasteiger partial charge in [-0.25, -0.2) is 4.79 Å². The molecule has 1 heterocycles. The van der Waals surface area contributed by atoms with Crippen LogP contribution >= 0.6 is 0 Å². The highest BCUT2D eigenvalue weighted by Crippen LogP contribution is 2.40.